The van der Waals surface area contributed by atoms with Crippen LogP contribution in [-0.2, 0) is 0 Å². The van der Waals surface area contributed by atoms with Crippen LogP contribution in [0.2, 0.25) is 0 Å². The van der Waals surface area contributed by atoms with E-state index in [9.17, 15) is 0 Å². The van der Waals surface area contributed by atoms with Crippen molar-refractivity contribution in [2.45, 2.75) is 6.42 Å². The van der Waals surface area contributed by atoms with Gasteiger partial charge in [0.25, 0.3) is 0 Å². The number of halogens is 2. The highest BCUT2D eigenvalue weighted by molar-refractivity contribution is 6.16. The van der Waals surface area contributed by atoms with Crippen molar-refractivity contribution in [1.82, 2.24) is 4.90 Å². The molecule has 0 radical (unpaired) electrons. The largest absolute Gasteiger partial charge is 1.00 e. The van der Waals surface area contributed by atoms with Crippen LogP contribution in [0.3, 0.4) is 0 Å². The number of benzene rings is 3. The molecule has 4 rings (SSSR count). The molecular formula is C27H28I2N4-2. The average Bonchev–Trinajstić information content (AvgIpc) is 2.81. The van der Waals surface area contributed by atoms with Crippen molar-refractivity contribution in [2.24, 2.45) is 4.99 Å². The molecular weight excluding hydrogens is 634 g/mol. The number of hydrogen-bond acceptors (Lipinski definition) is 4. The molecule has 1 aliphatic heterocycles. The van der Waals surface area contributed by atoms with Gasteiger partial charge in [-0.15, -0.1) is 0 Å². The second kappa shape index (κ2) is 13.4. The molecule has 4 nitrogen and oxygen atoms in total. The first-order chi connectivity index (χ1) is 15.2. The molecule has 0 saturated heterocycles. The second-order valence-electron chi connectivity index (χ2n) is 7.64. The number of hydrogen-bond donors (Lipinski definition) is 2. The zero-order valence-electron chi connectivity index (χ0n) is 18.4. The fraction of sp³-hybridized carbons (Fsp3) is 0.148. The van der Waals surface area contributed by atoms with Crippen LogP contribution in [0.1, 0.15) is 17.5 Å². The lowest BCUT2D eigenvalue weighted by molar-refractivity contribution is -0.001000. The third kappa shape index (κ3) is 7.33. The highest BCUT2D eigenvalue weighted by Crippen LogP contribution is 2.29. The van der Waals surface area contributed by atoms with Crippen LogP contribution in [-0.4, -0.2) is 30.2 Å². The predicted molar refractivity (Wildman–Crippen MR) is 132 cm³/mol. The number of anilines is 2. The smallest absolute Gasteiger partial charge is 0.0725 e. The molecule has 4 N–H and O–H groups in total. The number of rotatable bonds is 7. The molecule has 0 amide bonds. The Balaban J connectivity index is 0.00000193. The van der Waals surface area contributed by atoms with Gasteiger partial charge in [-0.3, -0.25) is 4.99 Å². The molecule has 0 aliphatic carbocycles. The molecule has 3 aromatic carbocycles. The van der Waals surface area contributed by atoms with Crippen LogP contribution in [0.25, 0.3) is 11.1 Å². The summed E-state index contributed by atoms with van der Waals surface area (Å²) in [4.78, 5) is 7.36. The van der Waals surface area contributed by atoms with Gasteiger partial charge in [0.15, 0.2) is 0 Å². The van der Waals surface area contributed by atoms with E-state index in [1.54, 1.807) is 0 Å². The Hall–Kier alpha value is -2.33. The predicted octanol–water partition coefficient (Wildman–Crippen LogP) is -0.861. The Morgan fingerprint density at radius 1 is 0.848 bits per heavy atom. The molecule has 0 bridgehead atoms. The van der Waals surface area contributed by atoms with Crippen molar-refractivity contribution in [2.75, 3.05) is 31.1 Å². The summed E-state index contributed by atoms with van der Waals surface area (Å²) in [5.74, 6) is 0. The Kier molecular flexibility index (Phi) is 10.9. The van der Waals surface area contributed by atoms with E-state index in [4.69, 9.17) is 16.5 Å². The number of allylic oxidation sites excluding steroid dienone is 2. The van der Waals surface area contributed by atoms with E-state index in [0.717, 1.165) is 65.4 Å². The van der Waals surface area contributed by atoms with Crippen LogP contribution in [0.15, 0.2) is 102 Å². The van der Waals surface area contributed by atoms with Crippen molar-refractivity contribution in [3.8, 4) is 11.1 Å². The van der Waals surface area contributed by atoms with Crippen LogP contribution in [0.5, 0.6) is 0 Å². The molecule has 172 valence electrons. The highest BCUT2D eigenvalue weighted by Gasteiger charge is 2.14. The molecule has 0 fully saturated rings. The Morgan fingerprint density at radius 2 is 1.58 bits per heavy atom. The molecule has 33 heavy (non-hydrogen) atoms. The molecule has 0 spiro atoms. The minimum absolute atomic E-state index is 0. The number of nitrogen functional groups attached to an aromatic ring is 2. The maximum atomic E-state index is 6.20. The first-order valence-corrected chi connectivity index (χ1v) is 10.6. The summed E-state index contributed by atoms with van der Waals surface area (Å²) in [5, 5.41) is 0. The first kappa shape index (κ1) is 26.9. The standard InChI is InChI=1S/C27H28N4.2HI/c28-23-12-10-21(11-13-23)25-15-14-24(29)20-26(25)27(22-8-3-1-4-9-22)30-16-7-19-31-17-5-2-6-18-31;;/h1-6,8-15,17,20H,7,16,18-19,28-29H2;2*1H/p-2. The fourth-order valence-electron chi connectivity index (χ4n) is 3.74. The van der Waals surface area contributed by atoms with Crippen LogP contribution in [0.4, 0.5) is 11.4 Å². The number of nitrogens with zero attached hydrogens (tertiary/aromatic N) is 2. The van der Waals surface area contributed by atoms with E-state index in [0.29, 0.717) is 0 Å². The Morgan fingerprint density at radius 3 is 2.27 bits per heavy atom. The van der Waals surface area contributed by atoms with Crippen molar-refractivity contribution >= 4 is 17.1 Å². The Bertz CT molecular complexity index is 1110. The maximum absolute atomic E-state index is 6.20. The second-order valence-corrected chi connectivity index (χ2v) is 7.64. The van der Waals surface area contributed by atoms with Gasteiger partial charge in [-0.1, -0.05) is 60.7 Å². The topological polar surface area (TPSA) is 67.6 Å². The highest BCUT2D eigenvalue weighted by atomic mass is 127. The molecule has 1 aliphatic rings. The molecule has 1 heterocycles. The lowest BCUT2D eigenvalue weighted by Crippen LogP contribution is -3.00. The molecule has 0 atom stereocenters. The van der Waals surface area contributed by atoms with Crippen molar-refractivity contribution in [3.05, 3.63) is 108 Å². The van der Waals surface area contributed by atoms with E-state index in [2.05, 4.69) is 47.5 Å². The minimum Gasteiger partial charge on any atom is -1.00 e. The van der Waals surface area contributed by atoms with Gasteiger partial charge >= 0.3 is 0 Å². The average molecular weight is 662 g/mol. The summed E-state index contributed by atoms with van der Waals surface area (Å²) >= 11 is 0. The van der Waals surface area contributed by atoms with Crippen LogP contribution in [0, 0.1) is 0 Å². The van der Waals surface area contributed by atoms with Gasteiger partial charge < -0.3 is 64.3 Å². The first-order valence-electron chi connectivity index (χ1n) is 10.6. The van der Waals surface area contributed by atoms with Crippen LogP contribution < -0.4 is 59.4 Å². The monoisotopic (exact) mass is 662 g/mol. The third-order valence-electron chi connectivity index (χ3n) is 5.33. The van der Waals surface area contributed by atoms with Gasteiger partial charge in [-0.2, -0.15) is 0 Å². The fourth-order valence-corrected chi connectivity index (χ4v) is 3.74. The Labute approximate surface area is 230 Å². The van der Waals surface area contributed by atoms with Gasteiger partial charge in [0.1, 0.15) is 0 Å². The summed E-state index contributed by atoms with van der Waals surface area (Å²) < 4.78 is 0. The van der Waals surface area contributed by atoms with Gasteiger partial charge in [0, 0.05) is 42.1 Å². The van der Waals surface area contributed by atoms with Crippen molar-refractivity contribution in [1.29, 1.82) is 0 Å². The van der Waals surface area contributed by atoms with E-state index < -0.39 is 0 Å². The SMILES string of the molecule is Nc1ccc(-c2ccc(N)cc2C(=NCCCN2C=CC=CC2)c2ccccc2)cc1.[I-].[I-]. The van der Waals surface area contributed by atoms with Gasteiger partial charge in [0.2, 0.25) is 0 Å². The van der Waals surface area contributed by atoms with Gasteiger partial charge in [-0.05, 0) is 54.1 Å². The van der Waals surface area contributed by atoms with E-state index in [-0.39, 0.29) is 48.0 Å². The molecule has 6 heteroatoms. The number of aliphatic imine (C=N–C) groups is 1. The van der Waals surface area contributed by atoms with E-state index >= 15 is 0 Å². The summed E-state index contributed by atoms with van der Waals surface area (Å²) in [7, 11) is 0. The van der Waals surface area contributed by atoms with Gasteiger partial charge in [-0.25, -0.2) is 0 Å². The lowest BCUT2D eigenvalue weighted by atomic mass is 9.92. The number of nitrogens with two attached hydrogens (primary N) is 2. The van der Waals surface area contributed by atoms with E-state index in [1.165, 1.54) is 0 Å². The van der Waals surface area contributed by atoms with E-state index in [1.807, 2.05) is 54.6 Å². The summed E-state index contributed by atoms with van der Waals surface area (Å²) in [6.45, 7) is 2.69. The molecule has 0 aromatic heterocycles. The van der Waals surface area contributed by atoms with Crippen molar-refractivity contribution < 1.29 is 48.0 Å². The summed E-state index contributed by atoms with van der Waals surface area (Å²) in [6, 6.07) is 24.3. The third-order valence-corrected chi connectivity index (χ3v) is 5.33. The molecule has 0 unspecified atom stereocenters. The summed E-state index contributed by atoms with van der Waals surface area (Å²) in [6.07, 6.45) is 9.45. The van der Waals surface area contributed by atoms with Gasteiger partial charge in [0.05, 0.1) is 5.71 Å². The minimum atomic E-state index is 0. The zero-order valence-corrected chi connectivity index (χ0v) is 22.7. The molecule has 0 saturated carbocycles. The normalized spacial score (nSPS) is 12.7. The lowest BCUT2D eigenvalue weighted by Gasteiger charge is -2.20. The summed E-state index contributed by atoms with van der Waals surface area (Å²) in [5.41, 5.74) is 18.9. The zero-order chi connectivity index (χ0) is 21.5. The van der Waals surface area contributed by atoms with Crippen molar-refractivity contribution in [3.63, 3.8) is 0 Å². The molecule has 3 aromatic rings. The maximum Gasteiger partial charge on any atom is 0.0725 e. The quantitative estimate of drug-likeness (QED) is 0.150. The van der Waals surface area contributed by atoms with Crippen LogP contribution >= 0.6 is 0 Å².